The van der Waals surface area contributed by atoms with Crippen LogP contribution >= 0.6 is 0 Å². The van der Waals surface area contributed by atoms with E-state index in [2.05, 4.69) is 76.2 Å². The molecule has 2 aromatic heterocycles. The van der Waals surface area contributed by atoms with Crippen molar-refractivity contribution in [2.45, 2.75) is 107 Å². The number of nitrogens with zero attached hydrogens (tertiary/aromatic N) is 1. The Kier molecular flexibility index (Phi) is 14.2. The Morgan fingerprint density at radius 3 is 2.03 bits per heavy atom. The second-order valence-corrected chi connectivity index (χ2v) is 16.6. The van der Waals surface area contributed by atoms with Gasteiger partial charge in [0.1, 0.15) is 11.2 Å². The van der Waals surface area contributed by atoms with Gasteiger partial charge >= 0.3 is 0 Å². The van der Waals surface area contributed by atoms with E-state index in [0.29, 0.717) is 28.7 Å². The van der Waals surface area contributed by atoms with Gasteiger partial charge in [-0.15, -0.1) is 29.1 Å². The molecule has 0 saturated heterocycles. The number of pyridine rings is 1. The van der Waals surface area contributed by atoms with Gasteiger partial charge in [-0.05, 0) is 79.0 Å². The molecule has 0 atom stereocenters. The molecule has 0 aliphatic heterocycles. The second-order valence-electron chi connectivity index (χ2n) is 16.6. The number of allylic oxidation sites excluding steroid dienone is 6. The first-order chi connectivity index (χ1) is 28.2. The molecule has 0 spiro atoms. The maximum absolute atomic E-state index is 11.7. The third-order valence-corrected chi connectivity index (χ3v) is 11.8. The summed E-state index contributed by atoms with van der Waals surface area (Å²) in [6.45, 7) is 21.1. The molecule has 0 amide bonds. The van der Waals surface area contributed by atoms with Crippen molar-refractivity contribution >= 4 is 49.3 Å². The number of ketones is 1. The summed E-state index contributed by atoms with van der Waals surface area (Å²) < 4.78 is 24.8. The first-order valence-corrected chi connectivity index (χ1v) is 21.2. The number of aliphatic hydroxyl groups is 1. The first kappa shape index (κ1) is 41.8. The predicted octanol–water partition coefficient (Wildman–Crippen LogP) is 15.1. The van der Waals surface area contributed by atoms with Gasteiger partial charge in [0.2, 0.25) is 0 Å². The first-order valence-electron chi connectivity index (χ1n) is 22.2. The van der Waals surface area contributed by atoms with E-state index in [0.717, 1.165) is 69.1 Å². The van der Waals surface area contributed by atoms with Crippen LogP contribution in [-0.4, -0.2) is 15.9 Å². The van der Waals surface area contributed by atoms with E-state index in [1.165, 1.54) is 22.8 Å². The molecule has 1 radical (unpaired) electrons. The Bertz CT molecular complexity index is 2540. The third-order valence-electron chi connectivity index (χ3n) is 11.8. The number of furan rings is 1. The molecule has 1 N–H and O–H groups in total. The van der Waals surface area contributed by atoms with Gasteiger partial charge in [-0.3, -0.25) is 9.78 Å². The van der Waals surface area contributed by atoms with Crippen molar-refractivity contribution in [2.75, 3.05) is 0 Å². The zero-order valence-corrected chi connectivity index (χ0v) is 38.4. The van der Waals surface area contributed by atoms with E-state index in [4.69, 9.17) is 12.1 Å². The number of hydrogen-bond donors (Lipinski definition) is 1. The average molecular weight is 955 g/mol. The Balaban J connectivity index is 0.000000367. The summed E-state index contributed by atoms with van der Waals surface area (Å²) in [6, 6.07) is 26.6. The van der Waals surface area contributed by atoms with Crippen LogP contribution in [0.3, 0.4) is 0 Å². The number of carbonyl (C=O) groups is 1. The van der Waals surface area contributed by atoms with Gasteiger partial charge in [0.15, 0.2) is 5.78 Å². The van der Waals surface area contributed by atoms with Crippen molar-refractivity contribution in [2.24, 2.45) is 29.6 Å². The summed E-state index contributed by atoms with van der Waals surface area (Å²) in [7, 11) is 0. The number of fused-ring (bicyclic) bond motifs is 6. The van der Waals surface area contributed by atoms with Crippen LogP contribution in [0.2, 0.25) is 0 Å². The molecule has 7 rings (SSSR count). The fourth-order valence-corrected chi connectivity index (χ4v) is 8.45. The predicted molar refractivity (Wildman–Crippen MR) is 242 cm³/mol. The fourth-order valence-electron chi connectivity index (χ4n) is 8.45. The Morgan fingerprint density at radius 2 is 1.41 bits per heavy atom. The SMILES string of the molecule is CCC(CC)C(=O)/C=C(\O)C(CC)CC.[2H]C([2H])(c1cc(-c2nccc3c2oc2c4cc(C5C(C(C)C)=CC=C5C(C)C)ccc4ccc32)[c-]c2ccccc12)C(C)C.[Ir]. The fraction of sp³-hybridized carbons (Fsp3) is 0.396. The zero-order valence-electron chi connectivity index (χ0n) is 38.0. The average Bonchev–Trinajstić information content (AvgIpc) is 3.85. The molecule has 307 valence electrons. The molecule has 4 aromatic carbocycles. The second kappa shape index (κ2) is 19.6. The number of aliphatic hydroxyl groups excluding tert-OH is 1. The van der Waals surface area contributed by atoms with Crippen LogP contribution in [0.15, 0.2) is 112 Å². The quantitative estimate of drug-likeness (QED) is 0.0712. The summed E-state index contributed by atoms with van der Waals surface area (Å²) in [4.78, 5) is 16.5. The summed E-state index contributed by atoms with van der Waals surface area (Å²) >= 11 is 0. The van der Waals surface area contributed by atoms with Gasteiger partial charge in [0, 0.05) is 74.7 Å². The third kappa shape index (κ3) is 9.27. The molecule has 1 aliphatic carbocycles. The molecule has 0 fully saturated rings. The van der Waals surface area contributed by atoms with E-state index in [-0.39, 0.29) is 55.3 Å². The Labute approximate surface area is 363 Å². The molecule has 1 aliphatic rings. The van der Waals surface area contributed by atoms with Crippen molar-refractivity contribution in [1.29, 1.82) is 0 Å². The van der Waals surface area contributed by atoms with Crippen LogP contribution < -0.4 is 0 Å². The van der Waals surface area contributed by atoms with Crippen LogP contribution in [0, 0.1) is 35.7 Å². The smallest absolute Gasteiger partial charge is 0.162 e. The molecule has 0 bridgehead atoms. The minimum Gasteiger partial charge on any atom is -0.512 e. The maximum atomic E-state index is 11.7. The van der Waals surface area contributed by atoms with E-state index in [9.17, 15) is 9.90 Å². The Morgan fingerprint density at radius 1 is 0.793 bits per heavy atom. The molecule has 2 heterocycles. The van der Waals surface area contributed by atoms with Gasteiger partial charge < -0.3 is 9.52 Å². The van der Waals surface area contributed by atoms with Crippen LogP contribution in [0.4, 0.5) is 0 Å². The van der Waals surface area contributed by atoms with Gasteiger partial charge in [-0.2, -0.15) is 0 Å². The van der Waals surface area contributed by atoms with Crippen molar-refractivity contribution in [3.05, 3.63) is 125 Å². The largest absolute Gasteiger partial charge is 0.512 e. The number of benzene rings is 4. The van der Waals surface area contributed by atoms with E-state index in [1.807, 2.05) is 84.1 Å². The van der Waals surface area contributed by atoms with Crippen LogP contribution in [-0.2, 0) is 31.3 Å². The summed E-state index contributed by atoms with van der Waals surface area (Å²) in [5.41, 5.74) is 7.85. The number of hydrogen-bond acceptors (Lipinski definition) is 4. The molecule has 0 unspecified atom stereocenters. The van der Waals surface area contributed by atoms with Gasteiger partial charge in [-0.25, -0.2) is 0 Å². The maximum Gasteiger partial charge on any atom is 0.162 e. The minimum absolute atomic E-state index is 0. The molecule has 4 nitrogen and oxygen atoms in total. The summed E-state index contributed by atoms with van der Waals surface area (Å²) in [6.07, 6.45) is 9.86. The summed E-state index contributed by atoms with van der Waals surface area (Å²) in [5.74, 6) is 1.55. The van der Waals surface area contributed by atoms with Crippen LogP contribution in [0.1, 0.15) is 115 Å². The van der Waals surface area contributed by atoms with E-state index >= 15 is 0 Å². The standard InChI is InChI=1S/C40H38NO.C13H24O2.Ir/c1-23(2)19-29-21-30(20-27-9-7-8-10-33(27)29)38-40-35(17-18-41-38)34-14-13-26-11-12-28(22-36(26)39(34)42-40)37-31(24(3)4)15-16-32(37)25(5)6;1-5-10(6-2)12(14)9-13(15)11(7-3)8-4;/h7-18,21-25,37H,19H2,1-6H3;9-11,14H,5-8H2,1-4H3;/q-1;;/b;12-9-;/i19D2;;. The van der Waals surface area contributed by atoms with Crippen LogP contribution in [0.5, 0.6) is 0 Å². The molecular weight excluding hydrogens is 891 g/mol. The molecule has 0 saturated carbocycles. The van der Waals surface area contributed by atoms with Crippen molar-refractivity contribution in [1.82, 2.24) is 4.98 Å². The number of rotatable bonds is 13. The van der Waals surface area contributed by atoms with Gasteiger partial charge in [-0.1, -0.05) is 140 Å². The minimum atomic E-state index is -1.52. The monoisotopic (exact) mass is 955 g/mol. The zero-order chi connectivity index (χ0) is 42.8. The number of aromatic nitrogens is 1. The normalized spacial score (nSPS) is 14.4. The molecular formula is C53H62IrNO3-. The van der Waals surface area contributed by atoms with Crippen molar-refractivity contribution in [3.8, 4) is 11.3 Å². The molecule has 6 aromatic rings. The molecule has 5 heteroatoms. The topological polar surface area (TPSA) is 63.3 Å². The van der Waals surface area contributed by atoms with Crippen molar-refractivity contribution < 1.29 is 37.2 Å². The Hall–Kier alpha value is -4.31. The van der Waals surface area contributed by atoms with Gasteiger partial charge in [0.05, 0.1) is 5.76 Å². The van der Waals surface area contributed by atoms with E-state index in [1.54, 1.807) is 0 Å². The number of carbonyl (C=O) groups excluding carboxylic acids is 1. The molecule has 58 heavy (non-hydrogen) atoms. The van der Waals surface area contributed by atoms with Gasteiger partial charge in [0.25, 0.3) is 0 Å². The van der Waals surface area contributed by atoms with Crippen molar-refractivity contribution in [3.63, 3.8) is 0 Å². The summed E-state index contributed by atoms with van der Waals surface area (Å²) in [5, 5.41) is 15.8. The van der Waals surface area contributed by atoms with E-state index < -0.39 is 6.37 Å². The van der Waals surface area contributed by atoms with Crippen LogP contribution in [0.25, 0.3) is 54.7 Å².